The van der Waals surface area contributed by atoms with E-state index in [-0.39, 0.29) is 12.1 Å². The molecule has 1 aliphatic heterocycles. The number of rotatable bonds is 7. The Balaban J connectivity index is 1.96. The van der Waals surface area contributed by atoms with Gasteiger partial charge in [-0.1, -0.05) is 30.3 Å². The smallest absolute Gasteiger partial charge is 0.290 e. The summed E-state index contributed by atoms with van der Waals surface area (Å²) < 4.78 is 10.2. The van der Waals surface area contributed by atoms with Gasteiger partial charge in [-0.3, -0.25) is 9.59 Å². The van der Waals surface area contributed by atoms with Crippen molar-refractivity contribution >= 4 is 17.8 Å². The van der Waals surface area contributed by atoms with Crippen LogP contribution in [0.4, 0.5) is 0 Å². The predicted molar refractivity (Wildman–Crippen MR) is 95.2 cm³/mol. The summed E-state index contributed by atoms with van der Waals surface area (Å²) >= 11 is 0. The van der Waals surface area contributed by atoms with Gasteiger partial charge < -0.3 is 19.2 Å². The Hall–Kier alpha value is -3.12. The first kappa shape index (κ1) is 17.7. The van der Waals surface area contributed by atoms with Gasteiger partial charge >= 0.3 is 0 Å². The molecule has 0 aliphatic carbocycles. The average Bonchev–Trinajstić information content (AvgIpc) is 3.26. The summed E-state index contributed by atoms with van der Waals surface area (Å²) in [7, 11) is 1.53. The molecule has 6 nitrogen and oxygen atoms in total. The van der Waals surface area contributed by atoms with E-state index in [0.29, 0.717) is 12.4 Å². The van der Waals surface area contributed by atoms with E-state index >= 15 is 0 Å². The van der Waals surface area contributed by atoms with E-state index in [1.54, 1.807) is 12.1 Å². The third-order valence-electron chi connectivity index (χ3n) is 4.16. The van der Waals surface area contributed by atoms with Gasteiger partial charge in [-0.05, 0) is 29.8 Å². The highest BCUT2D eigenvalue weighted by Crippen LogP contribution is 2.37. The molecular formula is C20H19NO5. The summed E-state index contributed by atoms with van der Waals surface area (Å²) in [5.41, 5.74) is 0.802. The molecule has 134 valence electrons. The molecule has 0 saturated carbocycles. The van der Waals surface area contributed by atoms with Crippen LogP contribution in [0.15, 0.2) is 70.6 Å². The first-order chi connectivity index (χ1) is 12.6. The van der Waals surface area contributed by atoms with Gasteiger partial charge in [0.25, 0.3) is 5.91 Å². The fourth-order valence-electron chi connectivity index (χ4n) is 2.94. The number of carbonyl (C=O) groups excluding carboxylic acids is 2. The van der Waals surface area contributed by atoms with Crippen LogP contribution < -0.4 is 0 Å². The second kappa shape index (κ2) is 7.84. The summed E-state index contributed by atoms with van der Waals surface area (Å²) in [6.45, 7) is 0.559. The highest BCUT2D eigenvalue weighted by molar-refractivity contribution is 6.14. The van der Waals surface area contributed by atoms with E-state index in [1.165, 1.54) is 30.4 Å². The first-order valence-electron chi connectivity index (χ1n) is 8.17. The number of methoxy groups -OCH3 is 1. The summed E-state index contributed by atoms with van der Waals surface area (Å²) in [6, 6.07) is 11.9. The maximum absolute atomic E-state index is 12.7. The van der Waals surface area contributed by atoms with Crippen molar-refractivity contribution in [1.29, 1.82) is 0 Å². The molecule has 1 N–H and O–H groups in total. The molecule has 0 bridgehead atoms. The maximum atomic E-state index is 12.7. The highest BCUT2D eigenvalue weighted by atomic mass is 16.5. The number of allylic oxidation sites excluding steroid dienone is 1. The van der Waals surface area contributed by atoms with Crippen LogP contribution in [0.3, 0.4) is 0 Å². The van der Waals surface area contributed by atoms with Gasteiger partial charge in [0, 0.05) is 13.7 Å². The van der Waals surface area contributed by atoms with Crippen LogP contribution in [-0.2, 0) is 14.3 Å². The van der Waals surface area contributed by atoms with Crippen LogP contribution in [0.5, 0.6) is 0 Å². The zero-order chi connectivity index (χ0) is 18.5. The molecule has 1 aromatic heterocycles. The van der Waals surface area contributed by atoms with Gasteiger partial charge in [0.05, 0.1) is 24.5 Å². The molecule has 2 aromatic rings. The molecular weight excluding hydrogens is 334 g/mol. The third kappa shape index (κ3) is 3.45. The quantitative estimate of drug-likeness (QED) is 0.774. The van der Waals surface area contributed by atoms with E-state index in [4.69, 9.17) is 9.15 Å². The summed E-state index contributed by atoms with van der Waals surface area (Å²) in [5.74, 6) is -1.04. The number of benzene rings is 1. The SMILES string of the molecule is COCCN1C(=O)C(O)=C(C(=O)C=Cc2ccco2)C1c1ccccc1. The van der Waals surface area contributed by atoms with Gasteiger partial charge in [-0.2, -0.15) is 0 Å². The lowest BCUT2D eigenvalue weighted by atomic mass is 9.96. The van der Waals surface area contributed by atoms with E-state index in [9.17, 15) is 14.7 Å². The van der Waals surface area contributed by atoms with Crippen molar-refractivity contribution in [2.45, 2.75) is 6.04 Å². The third-order valence-corrected chi connectivity index (χ3v) is 4.16. The van der Waals surface area contributed by atoms with Crippen LogP contribution in [0, 0.1) is 0 Å². The summed E-state index contributed by atoms with van der Waals surface area (Å²) in [6.07, 6.45) is 4.31. The Morgan fingerprint density at radius 2 is 2.04 bits per heavy atom. The van der Waals surface area contributed by atoms with E-state index in [0.717, 1.165) is 5.56 Å². The van der Waals surface area contributed by atoms with Crippen molar-refractivity contribution in [3.05, 3.63) is 77.5 Å². The second-order valence-electron chi connectivity index (χ2n) is 5.78. The monoisotopic (exact) mass is 353 g/mol. The number of aliphatic hydroxyl groups is 1. The van der Waals surface area contributed by atoms with Gasteiger partial charge in [0.15, 0.2) is 11.5 Å². The lowest BCUT2D eigenvalue weighted by Crippen LogP contribution is -2.33. The molecule has 1 aliphatic rings. The van der Waals surface area contributed by atoms with Crippen molar-refractivity contribution in [1.82, 2.24) is 4.90 Å². The van der Waals surface area contributed by atoms with E-state index in [2.05, 4.69) is 0 Å². The van der Waals surface area contributed by atoms with Crippen LogP contribution in [0.25, 0.3) is 6.08 Å². The molecule has 1 amide bonds. The number of amides is 1. The fourth-order valence-corrected chi connectivity index (χ4v) is 2.94. The number of nitrogens with zero attached hydrogens (tertiary/aromatic N) is 1. The maximum Gasteiger partial charge on any atom is 0.290 e. The van der Waals surface area contributed by atoms with Crippen molar-refractivity contribution < 1.29 is 23.8 Å². The van der Waals surface area contributed by atoms with Crippen LogP contribution >= 0.6 is 0 Å². The first-order valence-corrected chi connectivity index (χ1v) is 8.17. The highest BCUT2D eigenvalue weighted by Gasteiger charge is 2.42. The topological polar surface area (TPSA) is 80.0 Å². The minimum atomic E-state index is -0.660. The van der Waals surface area contributed by atoms with Crippen molar-refractivity contribution in [2.75, 3.05) is 20.3 Å². The Kier molecular flexibility index (Phi) is 5.34. The number of hydrogen-bond donors (Lipinski definition) is 1. The molecule has 2 heterocycles. The van der Waals surface area contributed by atoms with Crippen molar-refractivity contribution in [3.63, 3.8) is 0 Å². The predicted octanol–water partition coefficient (Wildman–Crippen LogP) is 2.90. The Bertz CT molecular complexity index is 836. The zero-order valence-electron chi connectivity index (χ0n) is 14.3. The molecule has 0 radical (unpaired) electrons. The standard InChI is InChI=1S/C20H19NO5/c1-25-13-11-21-18(14-6-3-2-4-7-14)17(19(23)20(21)24)16(22)10-9-15-8-5-12-26-15/h2-10,12,18,23H,11,13H2,1H3. The zero-order valence-corrected chi connectivity index (χ0v) is 14.3. The number of furan rings is 1. The van der Waals surface area contributed by atoms with Gasteiger partial charge in [0.1, 0.15) is 5.76 Å². The van der Waals surface area contributed by atoms with Gasteiger partial charge in [0.2, 0.25) is 0 Å². The molecule has 1 unspecified atom stereocenters. The molecule has 26 heavy (non-hydrogen) atoms. The lowest BCUT2D eigenvalue weighted by molar-refractivity contribution is -0.130. The largest absolute Gasteiger partial charge is 0.503 e. The minimum absolute atomic E-state index is 0.0557. The summed E-state index contributed by atoms with van der Waals surface area (Å²) in [4.78, 5) is 26.7. The average molecular weight is 353 g/mol. The number of carbonyl (C=O) groups is 2. The normalized spacial score (nSPS) is 17.5. The Morgan fingerprint density at radius 3 is 2.69 bits per heavy atom. The molecule has 3 rings (SSSR count). The molecule has 1 aromatic carbocycles. The Morgan fingerprint density at radius 1 is 1.27 bits per heavy atom. The molecule has 0 spiro atoms. The van der Waals surface area contributed by atoms with Crippen LogP contribution in [0.1, 0.15) is 17.4 Å². The van der Waals surface area contributed by atoms with Gasteiger partial charge in [-0.15, -0.1) is 0 Å². The van der Waals surface area contributed by atoms with E-state index in [1.807, 2.05) is 30.3 Å². The van der Waals surface area contributed by atoms with E-state index < -0.39 is 23.5 Å². The Labute approximate surface area is 151 Å². The molecule has 0 fully saturated rings. The summed E-state index contributed by atoms with van der Waals surface area (Å²) in [5, 5.41) is 10.4. The minimum Gasteiger partial charge on any atom is -0.503 e. The number of ether oxygens (including phenoxy) is 1. The molecule has 0 saturated heterocycles. The fraction of sp³-hybridized carbons (Fsp3) is 0.200. The second-order valence-corrected chi connectivity index (χ2v) is 5.78. The number of hydrogen-bond acceptors (Lipinski definition) is 5. The van der Waals surface area contributed by atoms with Crippen molar-refractivity contribution in [3.8, 4) is 0 Å². The number of aliphatic hydroxyl groups excluding tert-OH is 1. The molecule has 1 atom stereocenters. The number of ketones is 1. The van der Waals surface area contributed by atoms with Crippen molar-refractivity contribution in [2.24, 2.45) is 0 Å². The van der Waals surface area contributed by atoms with Crippen LogP contribution in [-0.4, -0.2) is 42.0 Å². The lowest BCUT2D eigenvalue weighted by Gasteiger charge is -2.26. The van der Waals surface area contributed by atoms with Gasteiger partial charge in [-0.25, -0.2) is 0 Å². The van der Waals surface area contributed by atoms with Crippen LogP contribution in [0.2, 0.25) is 0 Å². The molecule has 6 heteroatoms.